The maximum Gasteiger partial charge on any atom is 0.409 e. The largest absolute Gasteiger partial charge is 0.450 e. The maximum absolute atomic E-state index is 13.6. The lowest BCUT2D eigenvalue weighted by Crippen LogP contribution is -2.49. The van der Waals surface area contributed by atoms with Crippen LogP contribution in [0.1, 0.15) is 17.4 Å². The minimum absolute atomic E-state index is 0.00219. The monoisotopic (exact) mass is 391 g/mol. The summed E-state index contributed by atoms with van der Waals surface area (Å²) in [4.78, 5) is 35.7. The molecule has 0 saturated carbocycles. The number of ether oxygens (including phenoxy) is 1. The quantitative estimate of drug-likeness (QED) is 0.861. The number of nitrogens with one attached hydrogen (secondary N) is 1. The van der Waals surface area contributed by atoms with Gasteiger partial charge in [0.2, 0.25) is 0 Å². The molecule has 28 heavy (non-hydrogen) atoms. The number of aromatic nitrogens is 2. The summed E-state index contributed by atoms with van der Waals surface area (Å²) in [6.45, 7) is 4.18. The molecule has 8 nitrogen and oxygen atoms in total. The molecule has 1 aromatic carbocycles. The lowest BCUT2D eigenvalue weighted by atomic mass is 10.3. The molecular formula is C18H19F2N5O3. The molecule has 1 aliphatic rings. The van der Waals surface area contributed by atoms with Crippen molar-refractivity contribution in [3.05, 3.63) is 47.9 Å². The van der Waals surface area contributed by atoms with E-state index in [1.807, 2.05) is 4.90 Å². The van der Waals surface area contributed by atoms with Gasteiger partial charge in [0.05, 0.1) is 24.7 Å². The van der Waals surface area contributed by atoms with Crippen molar-refractivity contribution >= 4 is 23.5 Å². The van der Waals surface area contributed by atoms with Crippen molar-refractivity contribution in [2.75, 3.05) is 43.0 Å². The Labute approximate surface area is 160 Å². The molecule has 0 unspecified atom stereocenters. The van der Waals surface area contributed by atoms with Crippen LogP contribution in [0.15, 0.2) is 30.6 Å². The lowest BCUT2D eigenvalue weighted by Gasteiger charge is -2.34. The van der Waals surface area contributed by atoms with Gasteiger partial charge in [0.15, 0.2) is 0 Å². The summed E-state index contributed by atoms with van der Waals surface area (Å²) < 4.78 is 31.5. The van der Waals surface area contributed by atoms with Crippen molar-refractivity contribution in [3.63, 3.8) is 0 Å². The predicted octanol–water partition coefficient (Wildman–Crippen LogP) is 2.29. The first-order valence-electron chi connectivity index (χ1n) is 8.73. The summed E-state index contributed by atoms with van der Waals surface area (Å²) >= 11 is 0. The third-order valence-corrected chi connectivity index (χ3v) is 4.18. The summed E-state index contributed by atoms with van der Waals surface area (Å²) in [5, 5.41) is 2.33. The number of carbonyl (C=O) groups excluding carboxylic acids is 2. The second-order valence-electron chi connectivity index (χ2n) is 6.01. The molecule has 0 atom stereocenters. The number of carbonyl (C=O) groups is 2. The predicted molar refractivity (Wildman–Crippen MR) is 97.2 cm³/mol. The van der Waals surface area contributed by atoms with Crippen molar-refractivity contribution in [2.45, 2.75) is 6.92 Å². The van der Waals surface area contributed by atoms with Gasteiger partial charge in [-0.3, -0.25) is 4.79 Å². The smallest absolute Gasteiger partial charge is 0.409 e. The summed E-state index contributed by atoms with van der Waals surface area (Å²) in [5.41, 5.74) is -0.148. The van der Waals surface area contributed by atoms with Crippen molar-refractivity contribution < 1.29 is 23.1 Å². The normalized spacial score (nSPS) is 14.0. The topological polar surface area (TPSA) is 87.7 Å². The van der Waals surface area contributed by atoms with E-state index in [2.05, 4.69) is 15.3 Å². The second kappa shape index (κ2) is 8.59. The maximum atomic E-state index is 13.6. The Bertz CT molecular complexity index is 855. The van der Waals surface area contributed by atoms with Crippen LogP contribution in [0.25, 0.3) is 0 Å². The second-order valence-corrected chi connectivity index (χ2v) is 6.01. The molecule has 0 aliphatic carbocycles. The Morgan fingerprint density at radius 1 is 1.14 bits per heavy atom. The van der Waals surface area contributed by atoms with Gasteiger partial charge in [-0.05, 0) is 19.1 Å². The SMILES string of the molecule is CCOC(=O)N1CCN(c2cnc(C(=O)Nc3ccc(F)cc3F)cn2)CC1. The third-order valence-electron chi connectivity index (χ3n) is 4.18. The molecule has 2 aromatic rings. The van der Waals surface area contributed by atoms with Crippen LogP contribution in [0.4, 0.5) is 25.1 Å². The molecule has 1 N–H and O–H groups in total. The number of amides is 2. The van der Waals surface area contributed by atoms with Gasteiger partial charge < -0.3 is 19.9 Å². The summed E-state index contributed by atoms with van der Waals surface area (Å²) in [7, 11) is 0. The van der Waals surface area contributed by atoms with Crippen LogP contribution in [0.3, 0.4) is 0 Å². The molecule has 1 saturated heterocycles. The summed E-state index contributed by atoms with van der Waals surface area (Å²) in [5.74, 6) is -1.70. The van der Waals surface area contributed by atoms with Crippen molar-refractivity contribution in [3.8, 4) is 0 Å². The minimum Gasteiger partial charge on any atom is -0.450 e. The number of anilines is 2. The zero-order valence-corrected chi connectivity index (χ0v) is 15.2. The Kier molecular flexibility index (Phi) is 5.97. The summed E-state index contributed by atoms with van der Waals surface area (Å²) in [6, 6.07) is 2.86. The molecule has 10 heteroatoms. The highest BCUT2D eigenvalue weighted by atomic mass is 19.1. The molecule has 1 aromatic heterocycles. The van der Waals surface area contributed by atoms with E-state index >= 15 is 0 Å². The molecule has 1 aliphatic heterocycles. The van der Waals surface area contributed by atoms with Crippen molar-refractivity contribution in [2.24, 2.45) is 0 Å². The molecule has 3 rings (SSSR count). The number of nitrogens with zero attached hydrogens (tertiary/aromatic N) is 4. The average molecular weight is 391 g/mol. The van der Waals surface area contributed by atoms with Gasteiger partial charge in [0.25, 0.3) is 5.91 Å². The van der Waals surface area contributed by atoms with Crippen LogP contribution < -0.4 is 10.2 Å². The first-order valence-corrected chi connectivity index (χ1v) is 8.73. The number of hydrogen-bond donors (Lipinski definition) is 1. The number of rotatable bonds is 4. The van der Waals surface area contributed by atoms with Gasteiger partial charge in [-0.2, -0.15) is 0 Å². The number of piperazine rings is 1. The number of halogens is 2. The first-order chi connectivity index (χ1) is 13.5. The third kappa shape index (κ3) is 4.51. The van der Waals surface area contributed by atoms with Crippen LogP contribution in [0, 0.1) is 11.6 Å². The molecule has 0 radical (unpaired) electrons. The van der Waals surface area contributed by atoms with Crippen LogP contribution in [-0.2, 0) is 4.74 Å². The Hall–Kier alpha value is -3.30. The van der Waals surface area contributed by atoms with Crippen molar-refractivity contribution in [1.82, 2.24) is 14.9 Å². The van der Waals surface area contributed by atoms with E-state index < -0.39 is 17.5 Å². The van der Waals surface area contributed by atoms with E-state index in [1.54, 1.807) is 11.8 Å². The zero-order chi connectivity index (χ0) is 20.1. The molecule has 0 bridgehead atoms. The fourth-order valence-corrected chi connectivity index (χ4v) is 2.71. The highest BCUT2D eigenvalue weighted by Gasteiger charge is 2.23. The van der Waals surface area contributed by atoms with E-state index in [1.165, 1.54) is 12.4 Å². The van der Waals surface area contributed by atoms with Crippen LogP contribution in [-0.4, -0.2) is 59.7 Å². The molecule has 1 fully saturated rings. The highest BCUT2D eigenvalue weighted by Crippen LogP contribution is 2.17. The average Bonchev–Trinajstić information content (AvgIpc) is 2.70. The van der Waals surface area contributed by atoms with Gasteiger partial charge in [-0.1, -0.05) is 0 Å². The van der Waals surface area contributed by atoms with E-state index in [0.717, 1.165) is 12.1 Å². The van der Waals surface area contributed by atoms with E-state index in [0.29, 0.717) is 44.7 Å². The number of benzene rings is 1. The van der Waals surface area contributed by atoms with Crippen LogP contribution in [0.5, 0.6) is 0 Å². The fourth-order valence-electron chi connectivity index (χ4n) is 2.71. The summed E-state index contributed by atoms with van der Waals surface area (Å²) in [6.07, 6.45) is 2.38. The van der Waals surface area contributed by atoms with Gasteiger partial charge in [0, 0.05) is 32.2 Å². The Morgan fingerprint density at radius 3 is 2.50 bits per heavy atom. The fraction of sp³-hybridized carbons (Fsp3) is 0.333. The van der Waals surface area contributed by atoms with Crippen LogP contribution >= 0.6 is 0 Å². The molecule has 2 heterocycles. The first kappa shape index (κ1) is 19.5. The van der Waals surface area contributed by atoms with Gasteiger partial charge in [-0.25, -0.2) is 23.5 Å². The van der Waals surface area contributed by atoms with Gasteiger partial charge in [0.1, 0.15) is 23.1 Å². The molecule has 148 valence electrons. The van der Waals surface area contributed by atoms with E-state index in [9.17, 15) is 18.4 Å². The number of hydrogen-bond acceptors (Lipinski definition) is 6. The molecule has 0 spiro atoms. The minimum atomic E-state index is -0.877. The van der Waals surface area contributed by atoms with Crippen LogP contribution in [0.2, 0.25) is 0 Å². The Morgan fingerprint density at radius 2 is 1.89 bits per heavy atom. The van der Waals surface area contributed by atoms with Gasteiger partial charge in [-0.15, -0.1) is 0 Å². The standard InChI is InChI=1S/C18H19F2N5O3/c1-2-28-18(27)25-7-5-24(6-8-25)16-11-21-15(10-22-16)17(26)23-14-4-3-12(19)9-13(14)20/h3-4,9-11H,2,5-8H2,1H3,(H,23,26). The van der Waals surface area contributed by atoms with Crippen molar-refractivity contribution in [1.29, 1.82) is 0 Å². The lowest BCUT2D eigenvalue weighted by molar-refractivity contribution is 0.101. The zero-order valence-electron chi connectivity index (χ0n) is 15.2. The van der Waals surface area contributed by atoms with E-state index in [4.69, 9.17) is 4.74 Å². The Balaban J connectivity index is 1.59. The molecule has 2 amide bonds. The molecular weight excluding hydrogens is 372 g/mol. The van der Waals surface area contributed by atoms with Gasteiger partial charge >= 0.3 is 6.09 Å². The van der Waals surface area contributed by atoms with E-state index in [-0.39, 0.29) is 17.5 Å². The highest BCUT2D eigenvalue weighted by molar-refractivity contribution is 6.02.